The highest BCUT2D eigenvalue weighted by Crippen LogP contribution is 2.25. The van der Waals surface area contributed by atoms with Crippen molar-refractivity contribution in [1.29, 1.82) is 0 Å². The number of hydrogen-bond donors (Lipinski definition) is 2. The number of nitrogens with one attached hydrogen (secondary N) is 1. The average molecular weight is 270 g/mol. The lowest BCUT2D eigenvalue weighted by Gasteiger charge is -2.36. The summed E-state index contributed by atoms with van der Waals surface area (Å²) in [6, 6.07) is 0.410. The molecule has 0 bridgehead atoms. The van der Waals surface area contributed by atoms with Crippen LogP contribution in [0.4, 0.5) is 0 Å². The molecule has 0 aliphatic carbocycles. The first kappa shape index (κ1) is 16.9. The van der Waals surface area contributed by atoms with E-state index in [0.29, 0.717) is 6.04 Å². The Labute approximate surface area is 119 Å². The Hall–Kier alpha value is -0.120. The molecule has 0 saturated carbocycles. The second-order valence-electron chi connectivity index (χ2n) is 7.23. The van der Waals surface area contributed by atoms with Crippen LogP contribution in [0.3, 0.4) is 0 Å². The molecule has 0 aromatic heterocycles. The highest BCUT2D eigenvalue weighted by Gasteiger charge is 2.28. The molecule has 0 spiro atoms. The number of likely N-dealkylation sites (tertiary alicyclic amines) is 1. The van der Waals surface area contributed by atoms with Gasteiger partial charge < -0.3 is 15.3 Å². The van der Waals surface area contributed by atoms with Gasteiger partial charge >= 0.3 is 0 Å². The van der Waals surface area contributed by atoms with Crippen LogP contribution < -0.4 is 5.32 Å². The summed E-state index contributed by atoms with van der Waals surface area (Å²) in [5.74, 6) is 1.68. The Morgan fingerprint density at radius 3 is 2.42 bits per heavy atom. The standard InChI is InChI=1S/C16H34N2O/c1-13(2)15-7-6-9-18(10-8-15)11-16(5,12-19)17-14(3)4/h13-15,17,19H,6-12H2,1-5H3. The third kappa shape index (κ3) is 5.80. The molecule has 3 heteroatoms. The summed E-state index contributed by atoms with van der Waals surface area (Å²) in [5.41, 5.74) is -0.175. The summed E-state index contributed by atoms with van der Waals surface area (Å²) in [5, 5.41) is 13.2. The Balaban J connectivity index is 2.51. The molecular weight excluding hydrogens is 236 g/mol. The van der Waals surface area contributed by atoms with Crippen LogP contribution >= 0.6 is 0 Å². The van der Waals surface area contributed by atoms with Crippen molar-refractivity contribution in [2.45, 2.75) is 65.5 Å². The van der Waals surface area contributed by atoms with Crippen molar-refractivity contribution in [3.63, 3.8) is 0 Å². The minimum Gasteiger partial charge on any atom is -0.394 e. The molecule has 1 heterocycles. The van der Waals surface area contributed by atoms with E-state index in [1.165, 1.54) is 32.4 Å². The van der Waals surface area contributed by atoms with E-state index in [1.807, 2.05) is 0 Å². The van der Waals surface area contributed by atoms with E-state index >= 15 is 0 Å². The van der Waals surface area contributed by atoms with Gasteiger partial charge in [0.15, 0.2) is 0 Å². The molecule has 1 saturated heterocycles. The first-order chi connectivity index (χ1) is 8.86. The molecule has 19 heavy (non-hydrogen) atoms. The zero-order chi connectivity index (χ0) is 14.5. The zero-order valence-corrected chi connectivity index (χ0v) is 13.6. The first-order valence-corrected chi connectivity index (χ1v) is 7.97. The lowest BCUT2D eigenvalue weighted by molar-refractivity contribution is 0.113. The second kappa shape index (κ2) is 7.61. The van der Waals surface area contributed by atoms with Crippen LogP contribution in [-0.4, -0.2) is 47.8 Å². The maximum Gasteiger partial charge on any atom is 0.0623 e. The molecule has 1 aliphatic rings. The predicted octanol–water partition coefficient (Wildman–Crippen LogP) is 2.49. The molecule has 2 unspecified atom stereocenters. The van der Waals surface area contributed by atoms with Gasteiger partial charge in [0.1, 0.15) is 0 Å². The molecule has 0 amide bonds. The Bertz CT molecular complexity index is 255. The Kier molecular flexibility index (Phi) is 6.78. The Morgan fingerprint density at radius 2 is 1.89 bits per heavy atom. The second-order valence-corrected chi connectivity index (χ2v) is 7.23. The molecule has 0 aromatic carbocycles. The molecule has 2 atom stereocenters. The van der Waals surface area contributed by atoms with E-state index in [4.69, 9.17) is 0 Å². The van der Waals surface area contributed by atoms with Gasteiger partial charge in [0.05, 0.1) is 12.1 Å². The van der Waals surface area contributed by atoms with Gasteiger partial charge in [-0.1, -0.05) is 27.7 Å². The van der Waals surface area contributed by atoms with Crippen molar-refractivity contribution >= 4 is 0 Å². The predicted molar refractivity (Wildman–Crippen MR) is 82.4 cm³/mol. The number of rotatable bonds is 6. The molecule has 1 fully saturated rings. The largest absolute Gasteiger partial charge is 0.394 e. The van der Waals surface area contributed by atoms with E-state index in [-0.39, 0.29) is 12.1 Å². The molecule has 1 aliphatic heterocycles. The van der Waals surface area contributed by atoms with Crippen LogP contribution in [0.5, 0.6) is 0 Å². The quantitative estimate of drug-likeness (QED) is 0.778. The molecule has 0 aromatic rings. The lowest BCUT2D eigenvalue weighted by Crippen LogP contribution is -2.56. The summed E-state index contributed by atoms with van der Waals surface area (Å²) in [4.78, 5) is 2.54. The van der Waals surface area contributed by atoms with Gasteiger partial charge in [-0.25, -0.2) is 0 Å². The third-order valence-corrected chi connectivity index (χ3v) is 4.37. The van der Waals surface area contributed by atoms with Gasteiger partial charge in [-0.3, -0.25) is 0 Å². The first-order valence-electron chi connectivity index (χ1n) is 7.97. The monoisotopic (exact) mass is 270 g/mol. The van der Waals surface area contributed by atoms with Crippen molar-refractivity contribution in [3.05, 3.63) is 0 Å². The summed E-state index contributed by atoms with van der Waals surface area (Å²) >= 11 is 0. The summed E-state index contributed by atoms with van der Waals surface area (Å²) < 4.78 is 0. The summed E-state index contributed by atoms with van der Waals surface area (Å²) in [6.45, 7) is 14.6. The minimum absolute atomic E-state index is 0.175. The van der Waals surface area contributed by atoms with Crippen molar-refractivity contribution in [2.75, 3.05) is 26.2 Å². The summed E-state index contributed by atoms with van der Waals surface area (Å²) in [6.07, 6.45) is 3.97. The van der Waals surface area contributed by atoms with Gasteiger partial charge in [0.25, 0.3) is 0 Å². The van der Waals surface area contributed by atoms with E-state index in [0.717, 1.165) is 18.4 Å². The minimum atomic E-state index is -0.175. The van der Waals surface area contributed by atoms with Crippen LogP contribution in [0.1, 0.15) is 53.9 Å². The van der Waals surface area contributed by atoms with Gasteiger partial charge in [0.2, 0.25) is 0 Å². The highest BCUT2D eigenvalue weighted by molar-refractivity contribution is 4.88. The van der Waals surface area contributed by atoms with Crippen molar-refractivity contribution < 1.29 is 5.11 Å². The maximum atomic E-state index is 9.69. The fourth-order valence-electron chi connectivity index (χ4n) is 3.34. The fraction of sp³-hybridized carbons (Fsp3) is 1.00. The van der Waals surface area contributed by atoms with E-state index < -0.39 is 0 Å². The molecule has 114 valence electrons. The highest BCUT2D eigenvalue weighted by atomic mass is 16.3. The van der Waals surface area contributed by atoms with E-state index in [2.05, 4.69) is 44.8 Å². The van der Waals surface area contributed by atoms with Crippen LogP contribution in [0.2, 0.25) is 0 Å². The van der Waals surface area contributed by atoms with Gasteiger partial charge in [0, 0.05) is 12.6 Å². The fourth-order valence-corrected chi connectivity index (χ4v) is 3.34. The van der Waals surface area contributed by atoms with Gasteiger partial charge in [-0.15, -0.1) is 0 Å². The van der Waals surface area contributed by atoms with E-state index in [1.54, 1.807) is 0 Å². The molecule has 3 nitrogen and oxygen atoms in total. The molecule has 0 radical (unpaired) electrons. The Morgan fingerprint density at radius 1 is 1.21 bits per heavy atom. The average Bonchev–Trinajstić information content (AvgIpc) is 2.53. The number of aliphatic hydroxyl groups is 1. The molecular formula is C16H34N2O. The van der Waals surface area contributed by atoms with Crippen molar-refractivity contribution in [2.24, 2.45) is 11.8 Å². The van der Waals surface area contributed by atoms with Crippen molar-refractivity contribution in [3.8, 4) is 0 Å². The molecule has 2 N–H and O–H groups in total. The summed E-state index contributed by atoms with van der Waals surface area (Å²) in [7, 11) is 0. The van der Waals surface area contributed by atoms with Crippen LogP contribution in [0.15, 0.2) is 0 Å². The van der Waals surface area contributed by atoms with Crippen LogP contribution in [-0.2, 0) is 0 Å². The SMILES string of the molecule is CC(C)NC(C)(CO)CN1CCCC(C(C)C)CC1. The molecule has 1 rings (SSSR count). The smallest absolute Gasteiger partial charge is 0.0623 e. The van der Waals surface area contributed by atoms with Gasteiger partial charge in [-0.05, 0) is 51.1 Å². The maximum absolute atomic E-state index is 9.69. The normalized spacial score (nSPS) is 25.6. The number of nitrogens with zero attached hydrogens (tertiary/aromatic N) is 1. The third-order valence-electron chi connectivity index (χ3n) is 4.37. The number of aliphatic hydroxyl groups excluding tert-OH is 1. The van der Waals surface area contributed by atoms with Gasteiger partial charge in [-0.2, -0.15) is 0 Å². The van der Waals surface area contributed by atoms with Crippen molar-refractivity contribution in [1.82, 2.24) is 10.2 Å². The zero-order valence-electron chi connectivity index (χ0n) is 13.6. The van der Waals surface area contributed by atoms with Crippen LogP contribution in [0.25, 0.3) is 0 Å². The topological polar surface area (TPSA) is 35.5 Å². The number of hydrogen-bond acceptors (Lipinski definition) is 3. The lowest BCUT2D eigenvalue weighted by atomic mass is 9.89. The van der Waals surface area contributed by atoms with E-state index in [9.17, 15) is 5.11 Å². The van der Waals surface area contributed by atoms with Crippen LogP contribution in [0, 0.1) is 11.8 Å².